The van der Waals surface area contributed by atoms with Crippen LogP contribution in [-0.4, -0.2) is 0 Å². The predicted octanol–water partition coefficient (Wildman–Crippen LogP) is 30.2. The molecule has 0 saturated carbocycles. The summed E-state index contributed by atoms with van der Waals surface area (Å²) in [6, 6.07) is 124. The highest BCUT2D eigenvalue weighted by atomic mass is 16.3. The minimum atomic E-state index is -0.0673. The van der Waals surface area contributed by atoms with E-state index in [2.05, 4.69) is 331 Å². The highest BCUT2D eigenvalue weighted by Crippen LogP contribution is 2.55. The molecule has 4 aromatic heterocycles. The van der Waals surface area contributed by atoms with E-state index in [4.69, 9.17) is 17.7 Å². The van der Waals surface area contributed by atoms with Gasteiger partial charge in [0.1, 0.15) is 44.7 Å². The second kappa shape index (κ2) is 23.4. The number of hydrogen-bond donors (Lipinski definition) is 0. The molecule has 24 rings (SSSR count). The van der Waals surface area contributed by atoms with Crippen LogP contribution in [0.25, 0.3) is 220 Å². The van der Waals surface area contributed by atoms with Crippen molar-refractivity contribution in [2.75, 3.05) is 0 Å². The fraction of sp³-hybridized carbons (Fsp3) is 0.0566. The molecule has 0 N–H and O–H groups in total. The Kier molecular flexibility index (Phi) is 13.2. The number of furan rings is 4. The Morgan fingerprint density at radius 2 is 0.445 bits per heavy atom. The van der Waals surface area contributed by atoms with Gasteiger partial charge in [-0.3, -0.25) is 0 Å². The van der Waals surface area contributed by atoms with Crippen molar-refractivity contribution in [1.29, 1.82) is 0 Å². The van der Waals surface area contributed by atoms with Gasteiger partial charge in [-0.25, -0.2) is 0 Å². The fourth-order valence-corrected chi connectivity index (χ4v) is 19.4. The smallest absolute Gasteiger partial charge is 0.143 e. The summed E-state index contributed by atoms with van der Waals surface area (Å²) in [6.45, 7) is 9.39. The van der Waals surface area contributed by atoms with Crippen molar-refractivity contribution in [3.05, 3.63) is 362 Å². The van der Waals surface area contributed by atoms with Crippen LogP contribution in [0.15, 0.2) is 357 Å². The van der Waals surface area contributed by atoms with Crippen molar-refractivity contribution in [1.82, 2.24) is 0 Å². The number of hydrogen-bond acceptors (Lipinski definition) is 4. The van der Waals surface area contributed by atoms with E-state index >= 15 is 0 Å². The topological polar surface area (TPSA) is 52.6 Å². The van der Waals surface area contributed by atoms with Gasteiger partial charge in [0.2, 0.25) is 0 Å². The third-order valence-corrected chi connectivity index (χ3v) is 24.6. The Labute approximate surface area is 633 Å². The van der Waals surface area contributed by atoms with Crippen LogP contribution >= 0.6 is 0 Å². The van der Waals surface area contributed by atoms with E-state index < -0.39 is 0 Å². The third kappa shape index (κ3) is 9.08. The molecule has 22 aromatic rings. The maximum absolute atomic E-state index is 6.65. The lowest BCUT2D eigenvalue weighted by Crippen LogP contribution is -2.14. The van der Waals surface area contributed by atoms with Gasteiger partial charge in [-0.1, -0.05) is 295 Å². The predicted molar refractivity (Wildman–Crippen MR) is 460 cm³/mol. The van der Waals surface area contributed by atoms with E-state index in [-0.39, 0.29) is 10.8 Å². The van der Waals surface area contributed by atoms with Gasteiger partial charge in [0.15, 0.2) is 0 Å². The second-order valence-electron chi connectivity index (χ2n) is 31.1. The summed E-state index contributed by atoms with van der Waals surface area (Å²) in [5.74, 6) is 0. The third-order valence-electron chi connectivity index (χ3n) is 24.6. The summed E-state index contributed by atoms with van der Waals surface area (Å²) >= 11 is 0. The molecule has 516 valence electrons. The molecule has 0 atom stereocenters. The minimum Gasteiger partial charge on any atom is -0.456 e. The lowest BCUT2D eigenvalue weighted by Gasteiger charge is -2.22. The number of benzene rings is 18. The largest absolute Gasteiger partial charge is 0.456 e. The van der Waals surface area contributed by atoms with Gasteiger partial charge < -0.3 is 17.7 Å². The van der Waals surface area contributed by atoms with Crippen molar-refractivity contribution in [2.24, 2.45) is 0 Å². The van der Waals surface area contributed by atoms with Crippen molar-refractivity contribution >= 4 is 131 Å². The summed E-state index contributed by atoms with van der Waals surface area (Å²) in [5, 5.41) is 18.7. The maximum Gasteiger partial charge on any atom is 0.143 e. The molecule has 4 nitrogen and oxygen atoms in total. The molecule has 18 aromatic carbocycles. The van der Waals surface area contributed by atoms with Gasteiger partial charge in [0, 0.05) is 65.0 Å². The van der Waals surface area contributed by atoms with Crippen LogP contribution in [0.4, 0.5) is 0 Å². The average Bonchev–Trinajstić information content (AvgIpc) is 1.50. The number of rotatable bonds is 6. The first kappa shape index (κ1) is 62.4. The lowest BCUT2D eigenvalue weighted by molar-refractivity contribution is 0.660. The molecule has 0 spiro atoms. The standard InChI is InChI=1S/2C53H34O2/c1-53(2)46-24-6-3-13-34(46)45-29-31(27-28-47(45)53)50-37-18-9-16-32(39-20-11-22-41-35-14-4-7-25-48(35)54-51(39)41)43(37)30-44-33(17-10-19-38(44)50)40-21-12-23-42-36-15-5-8-26-49(36)55-52(40)42;1-53(2)46-18-6-3-11-36(46)45-27-33(23-26-47(45)53)52-41-16-9-14-34(31-21-24-39-37-12-4-7-19-48(37)54-50(39)28-31)43(41)30-44-35(15-10-17-42(44)52)32-22-25-40-38-13-5-8-20-49(38)55-51(40)29-32/h2*3-30H,1-2H3. The van der Waals surface area contributed by atoms with Crippen molar-refractivity contribution in [3.63, 3.8) is 0 Å². The quantitative estimate of drug-likeness (QED) is 0.156. The Morgan fingerprint density at radius 1 is 0.164 bits per heavy atom. The first-order valence-corrected chi connectivity index (χ1v) is 38.2. The van der Waals surface area contributed by atoms with Crippen LogP contribution in [0.2, 0.25) is 0 Å². The van der Waals surface area contributed by atoms with Crippen LogP contribution in [0.5, 0.6) is 0 Å². The molecule has 2 aliphatic rings. The first-order valence-electron chi connectivity index (χ1n) is 38.2. The van der Waals surface area contributed by atoms with Gasteiger partial charge in [-0.2, -0.15) is 0 Å². The molecule has 4 heteroatoms. The summed E-state index contributed by atoms with van der Waals surface area (Å²) in [4.78, 5) is 0. The van der Waals surface area contributed by atoms with Gasteiger partial charge in [-0.05, 0) is 216 Å². The summed E-state index contributed by atoms with van der Waals surface area (Å²) in [7, 11) is 0. The Hall–Kier alpha value is -13.8. The van der Waals surface area contributed by atoms with Crippen LogP contribution in [0.3, 0.4) is 0 Å². The molecule has 2 aliphatic carbocycles. The molecule has 0 bridgehead atoms. The van der Waals surface area contributed by atoms with Crippen molar-refractivity contribution < 1.29 is 17.7 Å². The molecule has 110 heavy (non-hydrogen) atoms. The SMILES string of the molecule is CC1(C)c2ccccc2-c2cc(-c3c4cccc(-c5ccc6c(c5)oc5ccccc56)c4cc4c(-c5ccc6c(c5)oc5ccccc56)cccc34)ccc21.CC1(C)c2ccccc2-c2cc(-c3c4cccc(-c5cccc6c5oc5ccccc56)c4cc4c(-c5cccc6c5oc5ccccc56)cccc34)ccc21. The highest BCUT2D eigenvalue weighted by Gasteiger charge is 2.37. The zero-order valence-corrected chi connectivity index (χ0v) is 61.0. The van der Waals surface area contributed by atoms with E-state index in [9.17, 15) is 0 Å². The van der Waals surface area contributed by atoms with Crippen LogP contribution < -0.4 is 0 Å². The molecular formula is C106H68O4. The van der Waals surface area contributed by atoms with Gasteiger partial charge in [-0.15, -0.1) is 0 Å². The number of fused-ring (bicyclic) bond motifs is 22. The van der Waals surface area contributed by atoms with E-state index in [0.29, 0.717) is 0 Å². The molecule has 0 fully saturated rings. The zero-order valence-electron chi connectivity index (χ0n) is 61.0. The molecular weight excluding hydrogens is 1340 g/mol. The van der Waals surface area contributed by atoms with Gasteiger partial charge >= 0.3 is 0 Å². The van der Waals surface area contributed by atoms with E-state index in [0.717, 1.165) is 121 Å². The van der Waals surface area contributed by atoms with Crippen LogP contribution in [0, 0.1) is 0 Å². The van der Waals surface area contributed by atoms with Gasteiger partial charge in [0.25, 0.3) is 0 Å². The summed E-state index contributed by atoms with van der Waals surface area (Å²) < 4.78 is 26.1. The van der Waals surface area contributed by atoms with Crippen LogP contribution in [-0.2, 0) is 10.8 Å². The molecule has 0 aliphatic heterocycles. The number of para-hydroxylation sites is 6. The fourth-order valence-electron chi connectivity index (χ4n) is 19.4. The minimum absolute atomic E-state index is 0.0593. The molecule has 0 saturated heterocycles. The van der Waals surface area contributed by atoms with E-state index in [1.54, 1.807) is 0 Å². The highest BCUT2D eigenvalue weighted by molar-refractivity contribution is 6.24. The molecule has 0 unspecified atom stereocenters. The normalized spacial score (nSPS) is 13.4. The summed E-state index contributed by atoms with van der Waals surface area (Å²) in [6.07, 6.45) is 0. The molecule has 0 amide bonds. The van der Waals surface area contributed by atoms with Crippen molar-refractivity contribution in [3.8, 4) is 89.0 Å². The Morgan fingerprint density at radius 3 is 0.855 bits per heavy atom. The monoisotopic (exact) mass is 1400 g/mol. The second-order valence-corrected chi connectivity index (χ2v) is 31.1. The van der Waals surface area contributed by atoms with Gasteiger partial charge in [0.05, 0.1) is 0 Å². The Bertz CT molecular complexity index is 7390. The Balaban J connectivity index is 0.000000132. The van der Waals surface area contributed by atoms with Crippen molar-refractivity contribution in [2.45, 2.75) is 38.5 Å². The lowest BCUT2D eigenvalue weighted by atomic mass is 9.81. The van der Waals surface area contributed by atoms with Crippen LogP contribution in [0.1, 0.15) is 49.9 Å². The first-order chi connectivity index (χ1) is 54.1. The van der Waals surface area contributed by atoms with E-state index in [1.165, 1.54) is 121 Å². The maximum atomic E-state index is 6.65. The molecule has 4 heterocycles. The summed E-state index contributed by atoms with van der Waals surface area (Å²) in [5.41, 5.74) is 31.9. The van der Waals surface area contributed by atoms with E-state index in [1.807, 2.05) is 36.4 Å². The average molecular weight is 1410 g/mol. The zero-order chi connectivity index (χ0) is 72.8. The molecule has 0 radical (unpaired) electrons.